The van der Waals surface area contributed by atoms with Crippen molar-refractivity contribution in [3.8, 4) is 22.4 Å². The molecule has 1 amide bonds. The lowest BCUT2D eigenvalue weighted by Crippen LogP contribution is -2.60. The third-order valence-electron chi connectivity index (χ3n) is 7.61. The number of benzene rings is 2. The summed E-state index contributed by atoms with van der Waals surface area (Å²) < 4.78 is 0. The van der Waals surface area contributed by atoms with Crippen molar-refractivity contribution in [2.45, 2.75) is 70.4 Å². The molecule has 36 heavy (non-hydrogen) atoms. The van der Waals surface area contributed by atoms with Gasteiger partial charge in [-0.25, -0.2) is 4.79 Å². The Morgan fingerprint density at radius 2 is 1.64 bits per heavy atom. The molecule has 0 aliphatic heterocycles. The van der Waals surface area contributed by atoms with Gasteiger partial charge in [-0.1, -0.05) is 59.8 Å². The molecule has 1 heterocycles. The lowest BCUT2D eigenvalue weighted by atomic mass is 9.69. The van der Waals surface area contributed by atoms with Gasteiger partial charge in [-0.3, -0.25) is 9.88 Å². The molecule has 2 aromatic carbocycles. The minimum Gasteiger partial charge on any atom is -0.465 e. The van der Waals surface area contributed by atoms with Crippen molar-refractivity contribution in [2.24, 2.45) is 5.16 Å². The Morgan fingerprint density at radius 1 is 0.944 bits per heavy atom. The van der Waals surface area contributed by atoms with Crippen molar-refractivity contribution >= 4 is 11.8 Å². The molecule has 0 unspecified atom stereocenters. The number of aromatic nitrogens is 1. The van der Waals surface area contributed by atoms with Gasteiger partial charge >= 0.3 is 6.09 Å². The molecule has 1 saturated carbocycles. The minimum atomic E-state index is -0.879. The van der Waals surface area contributed by atoms with E-state index in [1.807, 2.05) is 39.0 Å². The number of nitrogens with zero attached hydrogens (tertiary/aromatic N) is 3. The second-order valence-electron chi connectivity index (χ2n) is 10.9. The van der Waals surface area contributed by atoms with Gasteiger partial charge in [0.1, 0.15) is 0 Å². The molecule has 186 valence electrons. The molecule has 2 N–H and O–H groups in total. The van der Waals surface area contributed by atoms with E-state index in [1.165, 1.54) is 0 Å². The Kier molecular flexibility index (Phi) is 6.07. The number of rotatable bonds is 4. The van der Waals surface area contributed by atoms with Crippen LogP contribution in [0.25, 0.3) is 22.4 Å². The second kappa shape index (κ2) is 9.08. The smallest absolute Gasteiger partial charge is 0.408 e. The summed E-state index contributed by atoms with van der Waals surface area (Å²) in [5.74, 6) is 0. The first-order valence-corrected chi connectivity index (χ1v) is 12.7. The fourth-order valence-corrected chi connectivity index (χ4v) is 5.91. The number of hydrogen-bond acceptors (Lipinski definition) is 4. The maximum absolute atomic E-state index is 12.3. The summed E-state index contributed by atoms with van der Waals surface area (Å²) in [5.41, 5.74) is 6.50. The first-order chi connectivity index (χ1) is 17.2. The molecular formula is C30H33N3O3. The van der Waals surface area contributed by atoms with Crippen LogP contribution in [0.3, 0.4) is 0 Å². The standard InChI is InChI=1S/C30H33N3O3/c1-29(2,3)33(28(34)35)30(17-8-18-30)22-15-13-21(14-16-22)27-23(20-9-5-4-6-10-20)19-24-25(31-27)11-7-12-26(24)32-36/h4-6,9-10,13-16,19,36H,7-8,11-12,17-18H2,1-3H3,(H,34,35). The number of hydrogen-bond donors (Lipinski definition) is 2. The zero-order chi connectivity index (χ0) is 25.5. The molecule has 0 radical (unpaired) electrons. The van der Waals surface area contributed by atoms with Crippen LogP contribution in [0, 0.1) is 0 Å². The van der Waals surface area contributed by atoms with E-state index in [1.54, 1.807) is 4.90 Å². The Bertz CT molecular complexity index is 1300. The van der Waals surface area contributed by atoms with Gasteiger partial charge in [0.05, 0.1) is 22.6 Å². The maximum atomic E-state index is 12.3. The lowest BCUT2D eigenvalue weighted by molar-refractivity contribution is -0.0328. The molecule has 0 saturated heterocycles. The molecule has 1 fully saturated rings. The third-order valence-corrected chi connectivity index (χ3v) is 7.61. The highest BCUT2D eigenvalue weighted by molar-refractivity contribution is 6.03. The van der Waals surface area contributed by atoms with E-state index in [4.69, 9.17) is 4.98 Å². The van der Waals surface area contributed by atoms with Crippen LogP contribution in [0.2, 0.25) is 0 Å². The van der Waals surface area contributed by atoms with Gasteiger partial charge in [0.25, 0.3) is 0 Å². The van der Waals surface area contributed by atoms with Crippen LogP contribution in [0.15, 0.2) is 65.8 Å². The van der Waals surface area contributed by atoms with Crippen LogP contribution in [-0.4, -0.2) is 37.5 Å². The fourth-order valence-electron chi connectivity index (χ4n) is 5.91. The molecule has 5 rings (SSSR count). The number of carboxylic acid groups (broad SMARTS) is 1. The quantitative estimate of drug-likeness (QED) is 0.306. The highest BCUT2D eigenvalue weighted by atomic mass is 16.4. The molecule has 0 spiro atoms. The van der Waals surface area contributed by atoms with Gasteiger partial charge < -0.3 is 10.3 Å². The summed E-state index contributed by atoms with van der Waals surface area (Å²) in [5, 5.41) is 23.2. The average molecular weight is 484 g/mol. The normalized spacial score (nSPS) is 17.8. The van der Waals surface area contributed by atoms with E-state index >= 15 is 0 Å². The third kappa shape index (κ3) is 4.04. The zero-order valence-corrected chi connectivity index (χ0v) is 21.2. The van der Waals surface area contributed by atoms with Crippen molar-refractivity contribution < 1.29 is 15.1 Å². The van der Waals surface area contributed by atoms with Crippen LogP contribution in [0.5, 0.6) is 0 Å². The predicted octanol–water partition coefficient (Wildman–Crippen LogP) is 7.09. The van der Waals surface area contributed by atoms with Gasteiger partial charge in [-0.05, 0) is 76.5 Å². The molecule has 1 aromatic heterocycles. The number of aryl methyl sites for hydroxylation is 1. The molecule has 3 aromatic rings. The van der Waals surface area contributed by atoms with Crippen LogP contribution in [-0.2, 0) is 12.0 Å². The van der Waals surface area contributed by atoms with E-state index in [0.717, 1.165) is 77.7 Å². The van der Waals surface area contributed by atoms with E-state index in [0.29, 0.717) is 5.71 Å². The zero-order valence-electron chi connectivity index (χ0n) is 21.2. The summed E-state index contributed by atoms with van der Waals surface area (Å²) in [4.78, 5) is 19.1. The Balaban J connectivity index is 1.61. The topological polar surface area (TPSA) is 86.0 Å². The molecular weight excluding hydrogens is 450 g/mol. The van der Waals surface area contributed by atoms with Gasteiger partial charge in [0.15, 0.2) is 0 Å². The van der Waals surface area contributed by atoms with Crippen LogP contribution in [0.1, 0.15) is 69.7 Å². The van der Waals surface area contributed by atoms with Crippen molar-refractivity contribution in [2.75, 3.05) is 0 Å². The van der Waals surface area contributed by atoms with Gasteiger partial charge in [-0.15, -0.1) is 0 Å². The van der Waals surface area contributed by atoms with Gasteiger partial charge in [0, 0.05) is 22.2 Å². The Hall–Kier alpha value is -3.67. The molecule has 2 aliphatic rings. The largest absolute Gasteiger partial charge is 0.465 e. The van der Waals surface area contributed by atoms with E-state index in [2.05, 4.69) is 47.6 Å². The van der Waals surface area contributed by atoms with E-state index < -0.39 is 17.2 Å². The number of amides is 1. The highest BCUT2D eigenvalue weighted by Crippen LogP contribution is 2.49. The Morgan fingerprint density at radius 3 is 2.19 bits per heavy atom. The van der Waals surface area contributed by atoms with Crippen LogP contribution < -0.4 is 0 Å². The summed E-state index contributed by atoms with van der Waals surface area (Å²) in [6.45, 7) is 5.88. The number of carbonyl (C=O) groups is 1. The molecule has 6 nitrogen and oxygen atoms in total. The molecule has 2 aliphatic carbocycles. The van der Waals surface area contributed by atoms with E-state index in [-0.39, 0.29) is 0 Å². The van der Waals surface area contributed by atoms with Crippen molar-refractivity contribution in [3.05, 3.63) is 77.5 Å². The van der Waals surface area contributed by atoms with Crippen molar-refractivity contribution in [1.29, 1.82) is 0 Å². The van der Waals surface area contributed by atoms with Gasteiger partial charge in [0.2, 0.25) is 0 Å². The second-order valence-corrected chi connectivity index (χ2v) is 10.9. The number of oxime groups is 1. The molecule has 0 atom stereocenters. The first kappa shape index (κ1) is 24.0. The summed E-state index contributed by atoms with van der Waals surface area (Å²) in [7, 11) is 0. The lowest BCUT2D eigenvalue weighted by Gasteiger charge is -2.54. The monoisotopic (exact) mass is 483 g/mol. The van der Waals surface area contributed by atoms with Crippen molar-refractivity contribution in [3.63, 3.8) is 0 Å². The van der Waals surface area contributed by atoms with Crippen molar-refractivity contribution in [1.82, 2.24) is 9.88 Å². The number of fused-ring (bicyclic) bond motifs is 1. The van der Waals surface area contributed by atoms with Gasteiger partial charge in [-0.2, -0.15) is 0 Å². The number of pyridine rings is 1. The fraction of sp³-hybridized carbons (Fsp3) is 0.367. The molecule has 6 heteroatoms. The summed E-state index contributed by atoms with van der Waals surface area (Å²) in [6, 6.07) is 20.5. The van der Waals surface area contributed by atoms with E-state index in [9.17, 15) is 15.1 Å². The average Bonchev–Trinajstić information content (AvgIpc) is 2.84. The van der Waals surface area contributed by atoms with Crippen LogP contribution in [0.4, 0.5) is 4.79 Å². The maximum Gasteiger partial charge on any atom is 0.408 e. The van der Waals surface area contributed by atoms with Crippen LogP contribution >= 0.6 is 0 Å². The minimum absolute atomic E-state index is 0.499. The molecule has 0 bridgehead atoms. The summed E-state index contributed by atoms with van der Waals surface area (Å²) >= 11 is 0. The predicted molar refractivity (Wildman–Crippen MR) is 142 cm³/mol. The Labute approximate surface area is 212 Å². The SMILES string of the molecule is CC(C)(C)N(C(=O)O)C1(c2ccc(-c3nc4c(cc3-c3ccccc3)C(=NO)CCC4)cc2)CCC1. The first-order valence-electron chi connectivity index (χ1n) is 12.7. The summed E-state index contributed by atoms with van der Waals surface area (Å²) in [6.07, 6.45) is 4.27. The highest BCUT2D eigenvalue weighted by Gasteiger charge is 2.50.